The second-order valence-electron chi connectivity index (χ2n) is 7.82. The molecule has 2 saturated carbocycles. The van der Waals surface area contributed by atoms with Crippen molar-refractivity contribution in [2.75, 3.05) is 6.54 Å². The van der Waals surface area contributed by atoms with E-state index in [9.17, 15) is 9.18 Å². The molecule has 3 N–H and O–H groups in total. The third-order valence-corrected chi connectivity index (χ3v) is 6.67. The Morgan fingerprint density at radius 3 is 2.59 bits per heavy atom. The van der Waals surface area contributed by atoms with Crippen molar-refractivity contribution in [3.05, 3.63) is 0 Å². The first-order valence-corrected chi connectivity index (χ1v) is 8.95. The molecule has 124 valence electrons. The molecule has 1 amide bonds. The highest BCUT2D eigenvalue weighted by Gasteiger charge is 2.54. The first-order valence-electron chi connectivity index (χ1n) is 8.95. The largest absolute Gasteiger partial charge is 0.373 e. The zero-order valence-corrected chi connectivity index (χ0v) is 13.0. The van der Waals surface area contributed by atoms with E-state index in [4.69, 9.17) is 10.5 Å². The molecule has 4 fully saturated rings. The fourth-order valence-corrected chi connectivity index (χ4v) is 5.56. The average Bonchev–Trinajstić information content (AvgIpc) is 3.08. The summed E-state index contributed by atoms with van der Waals surface area (Å²) in [5, 5.41) is 3.57. The molecule has 2 aliphatic heterocycles. The monoisotopic (exact) mass is 310 g/mol. The molecule has 0 bridgehead atoms. The number of hydrogen-bond donors (Lipinski definition) is 2. The van der Waals surface area contributed by atoms with E-state index in [1.165, 1.54) is 6.42 Å². The molecule has 6 unspecified atom stereocenters. The van der Waals surface area contributed by atoms with Crippen molar-refractivity contribution in [2.45, 2.75) is 69.4 Å². The minimum atomic E-state index is -0.671. The maximum atomic E-state index is 13.4. The van der Waals surface area contributed by atoms with E-state index in [-0.39, 0.29) is 30.0 Å². The molecule has 2 aliphatic carbocycles. The highest BCUT2D eigenvalue weighted by atomic mass is 19.1. The number of alkyl halides is 1. The first kappa shape index (κ1) is 14.9. The number of nitrogens with one attached hydrogen (secondary N) is 1. The van der Waals surface area contributed by atoms with Crippen molar-refractivity contribution in [2.24, 2.45) is 29.4 Å². The Kier molecular flexibility index (Phi) is 3.89. The number of amides is 1. The number of ether oxygens (including phenoxy) is 1. The van der Waals surface area contributed by atoms with Crippen LogP contribution in [0.5, 0.6) is 0 Å². The van der Waals surface area contributed by atoms with Gasteiger partial charge in [0.05, 0.1) is 18.1 Å². The SMILES string of the molecule is NC(=O)C1C2CC3CCNC3CC2OC1C1CCC(F)CC1. The zero-order valence-electron chi connectivity index (χ0n) is 13.0. The quantitative estimate of drug-likeness (QED) is 0.817. The molecule has 5 heteroatoms. The van der Waals surface area contributed by atoms with E-state index >= 15 is 0 Å². The maximum absolute atomic E-state index is 13.4. The van der Waals surface area contributed by atoms with Crippen LogP contribution in [-0.4, -0.2) is 36.9 Å². The normalized spacial score (nSPS) is 51.3. The standard InChI is InChI=1S/C17H27FN2O2/c18-11-3-1-9(2-4-11)16-15(17(19)21)12-7-10-5-6-20-13(10)8-14(12)22-16/h9-16,20H,1-8H2,(H2,19,21). The van der Waals surface area contributed by atoms with Crippen LogP contribution >= 0.6 is 0 Å². The summed E-state index contributed by atoms with van der Waals surface area (Å²) in [4.78, 5) is 12.1. The molecule has 0 radical (unpaired) electrons. The van der Waals surface area contributed by atoms with E-state index in [1.807, 2.05) is 0 Å². The van der Waals surface area contributed by atoms with Gasteiger partial charge in [-0.05, 0) is 69.2 Å². The Morgan fingerprint density at radius 2 is 1.86 bits per heavy atom. The Bertz CT molecular complexity index is 438. The van der Waals surface area contributed by atoms with Crippen LogP contribution < -0.4 is 11.1 Å². The fourth-order valence-electron chi connectivity index (χ4n) is 5.56. The number of fused-ring (bicyclic) bond motifs is 2. The number of rotatable bonds is 2. The molecule has 2 saturated heterocycles. The number of primary amides is 1. The van der Waals surface area contributed by atoms with Crippen molar-refractivity contribution >= 4 is 5.91 Å². The summed E-state index contributed by atoms with van der Waals surface area (Å²) < 4.78 is 19.8. The van der Waals surface area contributed by atoms with Crippen LogP contribution in [-0.2, 0) is 9.53 Å². The molecule has 0 aromatic rings. The lowest BCUT2D eigenvalue weighted by molar-refractivity contribution is -0.126. The Hall–Kier alpha value is -0.680. The van der Waals surface area contributed by atoms with Crippen LogP contribution in [0.15, 0.2) is 0 Å². The van der Waals surface area contributed by atoms with E-state index in [0.29, 0.717) is 30.7 Å². The van der Waals surface area contributed by atoms with Crippen LogP contribution in [0.1, 0.15) is 44.9 Å². The molecule has 4 nitrogen and oxygen atoms in total. The van der Waals surface area contributed by atoms with Gasteiger partial charge in [-0.2, -0.15) is 0 Å². The van der Waals surface area contributed by atoms with E-state index in [1.54, 1.807) is 0 Å². The van der Waals surface area contributed by atoms with E-state index in [0.717, 1.165) is 32.2 Å². The van der Waals surface area contributed by atoms with Crippen molar-refractivity contribution in [3.8, 4) is 0 Å². The Labute approximate surface area is 131 Å². The lowest BCUT2D eigenvalue weighted by atomic mass is 9.69. The van der Waals surface area contributed by atoms with Gasteiger partial charge in [-0.25, -0.2) is 4.39 Å². The van der Waals surface area contributed by atoms with Gasteiger partial charge in [0, 0.05) is 6.04 Å². The molecule has 0 spiro atoms. The van der Waals surface area contributed by atoms with Crippen LogP contribution in [0.25, 0.3) is 0 Å². The average molecular weight is 310 g/mol. The lowest BCUT2D eigenvalue weighted by Crippen LogP contribution is -2.43. The van der Waals surface area contributed by atoms with Gasteiger partial charge in [-0.1, -0.05) is 0 Å². The van der Waals surface area contributed by atoms with Gasteiger partial charge in [0.25, 0.3) is 0 Å². The molecule has 4 rings (SSSR count). The number of carbonyl (C=O) groups is 1. The summed E-state index contributed by atoms with van der Waals surface area (Å²) in [6.45, 7) is 1.08. The van der Waals surface area contributed by atoms with Gasteiger partial charge in [-0.15, -0.1) is 0 Å². The third-order valence-electron chi connectivity index (χ3n) is 6.67. The number of carbonyl (C=O) groups excluding carboxylic acids is 1. The van der Waals surface area contributed by atoms with Crippen LogP contribution in [0.2, 0.25) is 0 Å². The Morgan fingerprint density at radius 1 is 1.09 bits per heavy atom. The van der Waals surface area contributed by atoms with Gasteiger partial charge in [0.15, 0.2) is 0 Å². The van der Waals surface area contributed by atoms with Crippen LogP contribution in [0.4, 0.5) is 4.39 Å². The van der Waals surface area contributed by atoms with Crippen LogP contribution in [0.3, 0.4) is 0 Å². The highest BCUT2D eigenvalue weighted by molar-refractivity contribution is 5.78. The van der Waals surface area contributed by atoms with Crippen molar-refractivity contribution in [1.82, 2.24) is 5.32 Å². The predicted molar refractivity (Wildman–Crippen MR) is 80.8 cm³/mol. The third kappa shape index (κ3) is 2.46. The summed E-state index contributed by atoms with van der Waals surface area (Å²) in [6.07, 6.45) is 5.58. The van der Waals surface area contributed by atoms with Crippen molar-refractivity contribution in [3.63, 3.8) is 0 Å². The van der Waals surface area contributed by atoms with Gasteiger partial charge in [0.2, 0.25) is 5.91 Å². The minimum absolute atomic E-state index is 0.0705. The van der Waals surface area contributed by atoms with E-state index < -0.39 is 6.17 Å². The van der Waals surface area contributed by atoms with Crippen molar-refractivity contribution in [1.29, 1.82) is 0 Å². The second kappa shape index (κ2) is 5.75. The summed E-state index contributed by atoms with van der Waals surface area (Å²) in [5.74, 6) is 0.902. The highest BCUT2D eigenvalue weighted by Crippen LogP contribution is 2.49. The van der Waals surface area contributed by atoms with Gasteiger partial charge in [-0.3, -0.25) is 4.79 Å². The molecule has 4 aliphatic rings. The summed E-state index contributed by atoms with van der Waals surface area (Å²) in [6, 6.07) is 0.551. The summed E-state index contributed by atoms with van der Waals surface area (Å²) in [5.41, 5.74) is 5.76. The van der Waals surface area contributed by atoms with Crippen molar-refractivity contribution < 1.29 is 13.9 Å². The summed E-state index contributed by atoms with van der Waals surface area (Å²) >= 11 is 0. The molecule has 2 heterocycles. The molecule has 0 aromatic heterocycles. The Balaban J connectivity index is 1.52. The predicted octanol–water partition coefficient (Wildman–Crippen LogP) is 1.77. The lowest BCUT2D eigenvalue weighted by Gasteiger charge is -2.35. The minimum Gasteiger partial charge on any atom is -0.373 e. The van der Waals surface area contributed by atoms with Gasteiger partial charge >= 0.3 is 0 Å². The molecule has 0 aromatic carbocycles. The topological polar surface area (TPSA) is 64.4 Å². The molecular formula is C17H27FN2O2. The molecular weight excluding hydrogens is 283 g/mol. The fraction of sp³-hybridized carbons (Fsp3) is 0.941. The number of hydrogen-bond acceptors (Lipinski definition) is 3. The smallest absolute Gasteiger partial charge is 0.223 e. The van der Waals surface area contributed by atoms with Crippen LogP contribution in [0, 0.1) is 23.7 Å². The van der Waals surface area contributed by atoms with Gasteiger partial charge in [0.1, 0.15) is 6.17 Å². The van der Waals surface area contributed by atoms with E-state index in [2.05, 4.69) is 5.32 Å². The molecule has 6 atom stereocenters. The zero-order chi connectivity index (χ0) is 15.3. The number of nitrogens with two attached hydrogens (primary N) is 1. The number of halogens is 1. The van der Waals surface area contributed by atoms with Gasteiger partial charge < -0.3 is 15.8 Å². The molecule has 22 heavy (non-hydrogen) atoms. The maximum Gasteiger partial charge on any atom is 0.223 e. The first-order chi connectivity index (χ1) is 10.6. The summed E-state index contributed by atoms with van der Waals surface area (Å²) in [7, 11) is 0. The second-order valence-corrected chi connectivity index (χ2v) is 7.82.